The number of amides is 2. The SMILES string of the molecule is O=C(N[C@@H](CO)c1ccccc1)C(=O)N[C@@H](CO)c1ccccc1. The van der Waals surface area contributed by atoms with Gasteiger partial charge in [0.25, 0.3) is 0 Å². The van der Waals surface area contributed by atoms with Gasteiger partial charge in [0.1, 0.15) is 0 Å². The van der Waals surface area contributed by atoms with E-state index in [-0.39, 0.29) is 13.2 Å². The Morgan fingerprint density at radius 1 is 0.708 bits per heavy atom. The zero-order valence-electron chi connectivity index (χ0n) is 13.1. The van der Waals surface area contributed by atoms with Crippen molar-refractivity contribution >= 4 is 11.8 Å². The van der Waals surface area contributed by atoms with Crippen molar-refractivity contribution in [2.75, 3.05) is 13.2 Å². The fourth-order valence-corrected chi connectivity index (χ4v) is 2.29. The predicted octanol–water partition coefficient (Wildman–Crippen LogP) is 0.686. The Balaban J connectivity index is 1.99. The summed E-state index contributed by atoms with van der Waals surface area (Å²) in [7, 11) is 0. The number of rotatable bonds is 6. The lowest BCUT2D eigenvalue weighted by Crippen LogP contribution is -2.44. The van der Waals surface area contributed by atoms with Crippen LogP contribution in [0.1, 0.15) is 23.2 Å². The number of carbonyl (C=O) groups is 2. The second kappa shape index (κ2) is 8.81. The quantitative estimate of drug-likeness (QED) is 0.586. The van der Waals surface area contributed by atoms with E-state index >= 15 is 0 Å². The summed E-state index contributed by atoms with van der Waals surface area (Å²) in [6.45, 7) is -0.656. The van der Waals surface area contributed by atoms with E-state index in [4.69, 9.17) is 0 Å². The van der Waals surface area contributed by atoms with E-state index in [9.17, 15) is 19.8 Å². The van der Waals surface area contributed by atoms with Gasteiger partial charge in [-0.15, -0.1) is 0 Å². The van der Waals surface area contributed by atoms with Gasteiger partial charge < -0.3 is 20.8 Å². The standard InChI is InChI=1S/C18H20N2O4/c21-11-15(13-7-3-1-4-8-13)19-17(23)18(24)20-16(12-22)14-9-5-2-6-10-14/h1-10,15-16,21-22H,11-12H2,(H,19,23)(H,20,24)/t15-,16-/m0/s1. The first kappa shape index (κ1) is 17.7. The van der Waals surface area contributed by atoms with Gasteiger partial charge in [0, 0.05) is 0 Å². The van der Waals surface area contributed by atoms with Crippen LogP contribution in [0, 0.1) is 0 Å². The van der Waals surface area contributed by atoms with Gasteiger partial charge in [0.15, 0.2) is 0 Å². The molecule has 0 saturated heterocycles. The minimum atomic E-state index is -0.868. The summed E-state index contributed by atoms with van der Waals surface area (Å²) < 4.78 is 0. The zero-order chi connectivity index (χ0) is 17.4. The molecule has 2 rings (SSSR count). The van der Waals surface area contributed by atoms with Crippen molar-refractivity contribution in [3.63, 3.8) is 0 Å². The van der Waals surface area contributed by atoms with E-state index in [2.05, 4.69) is 10.6 Å². The highest BCUT2D eigenvalue weighted by Gasteiger charge is 2.22. The van der Waals surface area contributed by atoms with Crippen LogP contribution in [0.15, 0.2) is 60.7 Å². The van der Waals surface area contributed by atoms with Crippen molar-refractivity contribution in [3.05, 3.63) is 71.8 Å². The lowest BCUT2D eigenvalue weighted by molar-refractivity contribution is -0.140. The maximum Gasteiger partial charge on any atom is 0.309 e. The molecule has 2 aromatic carbocycles. The lowest BCUT2D eigenvalue weighted by Gasteiger charge is -2.19. The second-order valence-electron chi connectivity index (χ2n) is 5.24. The molecule has 0 saturated carbocycles. The fourth-order valence-electron chi connectivity index (χ4n) is 2.29. The fraction of sp³-hybridized carbons (Fsp3) is 0.222. The van der Waals surface area contributed by atoms with Crippen molar-refractivity contribution in [1.82, 2.24) is 10.6 Å². The van der Waals surface area contributed by atoms with E-state index in [0.717, 1.165) is 0 Å². The van der Waals surface area contributed by atoms with Crippen LogP contribution in [0.5, 0.6) is 0 Å². The number of aliphatic hydroxyl groups excluding tert-OH is 2. The molecule has 0 radical (unpaired) electrons. The molecule has 24 heavy (non-hydrogen) atoms. The van der Waals surface area contributed by atoms with Crippen LogP contribution in [0.2, 0.25) is 0 Å². The number of hydrogen-bond acceptors (Lipinski definition) is 4. The van der Waals surface area contributed by atoms with Gasteiger partial charge in [-0.3, -0.25) is 9.59 Å². The molecule has 4 N–H and O–H groups in total. The Bertz CT molecular complexity index is 602. The summed E-state index contributed by atoms with van der Waals surface area (Å²) in [6.07, 6.45) is 0. The topological polar surface area (TPSA) is 98.7 Å². The molecule has 0 spiro atoms. The monoisotopic (exact) mass is 328 g/mol. The number of hydrogen-bond donors (Lipinski definition) is 4. The molecule has 0 fully saturated rings. The number of carbonyl (C=O) groups excluding carboxylic acids is 2. The molecule has 6 nitrogen and oxygen atoms in total. The lowest BCUT2D eigenvalue weighted by atomic mass is 10.1. The third kappa shape index (κ3) is 4.65. The summed E-state index contributed by atoms with van der Waals surface area (Å²) in [5.41, 5.74) is 1.39. The Morgan fingerprint density at radius 3 is 1.33 bits per heavy atom. The maximum atomic E-state index is 12.1. The van der Waals surface area contributed by atoms with Crippen molar-refractivity contribution in [1.29, 1.82) is 0 Å². The van der Waals surface area contributed by atoms with Crippen LogP contribution in [0.3, 0.4) is 0 Å². The molecule has 0 heterocycles. The molecule has 0 aromatic heterocycles. The van der Waals surface area contributed by atoms with Gasteiger partial charge in [-0.2, -0.15) is 0 Å². The third-order valence-corrected chi connectivity index (χ3v) is 3.59. The molecule has 0 aliphatic heterocycles. The Morgan fingerprint density at radius 2 is 1.04 bits per heavy atom. The maximum absolute atomic E-state index is 12.1. The average Bonchev–Trinajstić information content (AvgIpc) is 2.65. The van der Waals surface area contributed by atoms with Crippen LogP contribution in [0.25, 0.3) is 0 Å². The van der Waals surface area contributed by atoms with E-state index in [0.29, 0.717) is 11.1 Å². The van der Waals surface area contributed by atoms with E-state index in [1.54, 1.807) is 48.5 Å². The first-order valence-corrected chi connectivity index (χ1v) is 7.58. The first-order chi connectivity index (χ1) is 11.7. The van der Waals surface area contributed by atoms with Gasteiger partial charge in [-0.05, 0) is 11.1 Å². The summed E-state index contributed by atoms with van der Waals surface area (Å²) in [5.74, 6) is -1.74. The van der Waals surface area contributed by atoms with Gasteiger partial charge >= 0.3 is 11.8 Å². The number of benzene rings is 2. The first-order valence-electron chi connectivity index (χ1n) is 7.58. The largest absolute Gasteiger partial charge is 0.394 e. The van der Waals surface area contributed by atoms with Crippen molar-refractivity contribution < 1.29 is 19.8 Å². The highest BCUT2D eigenvalue weighted by molar-refractivity contribution is 6.35. The third-order valence-electron chi connectivity index (χ3n) is 3.59. The summed E-state index contributed by atoms with van der Waals surface area (Å²) in [4.78, 5) is 24.1. The molecular weight excluding hydrogens is 308 g/mol. The highest BCUT2D eigenvalue weighted by Crippen LogP contribution is 2.13. The molecule has 0 aliphatic rings. The molecule has 0 bridgehead atoms. The van der Waals surface area contributed by atoms with Gasteiger partial charge in [-0.1, -0.05) is 60.7 Å². The molecule has 0 aliphatic carbocycles. The van der Waals surface area contributed by atoms with Crippen LogP contribution < -0.4 is 10.6 Å². The predicted molar refractivity (Wildman–Crippen MR) is 88.8 cm³/mol. The van der Waals surface area contributed by atoms with Crippen molar-refractivity contribution in [2.24, 2.45) is 0 Å². The molecule has 2 atom stereocenters. The van der Waals surface area contributed by atoms with Crippen molar-refractivity contribution in [2.45, 2.75) is 12.1 Å². The molecule has 2 aromatic rings. The van der Waals surface area contributed by atoms with Crippen LogP contribution in [-0.4, -0.2) is 35.2 Å². The molecule has 2 amide bonds. The molecular formula is C18H20N2O4. The van der Waals surface area contributed by atoms with Gasteiger partial charge in [-0.25, -0.2) is 0 Å². The Labute approximate surface area is 140 Å². The van der Waals surface area contributed by atoms with Crippen molar-refractivity contribution in [3.8, 4) is 0 Å². The van der Waals surface area contributed by atoms with E-state index in [1.165, 1.54) is 0 Å². The van der Waals surface area contributed by atoms with E-state index in [1.807, 2.05) is 12.1 Å². The summed E-state index contributed by atoms with van der Waals surface area (Å²) in [6, 6.07) is 16.4. The Hall–Kier alpha value is -2.70. The smallest absolute Gasteiger partial charge is 0.309 e. The zero-order valence-corrected chi connectivity index (χ0v) is 13.1. The minimum absolute atomic E-state index is 0.328. The summed E-state index contributed by atoms with van der Waals surface area (Å²) >= 11 is 0. The number of aliphatic hydroxyl groups is 2. The molecule has 126 valence electrons. The van der Waals surface area contributed by atoms with Crippen LogP contribution in [0.4, 0.5) is 0 Å². The van der Waals surface area contributed by atoms with Gasteiger partial charge in [0.2, 0.25) is 0 Å². The second-order valence-corrected chi connectivity index (χ2v) is 5.24. The Kier molecular flexibility index (Phi) is 6.48. The number of nitrogens with one attached hydrogen (secondary N) is 2. The van der Waals surface area contributed by atoms with Crippen LogP contribution in [-0.2, 0) is 9.59 Å². The normalized spacial score (nSPS) is 12.9. The highest BCUT2D eigenvalue weighted by atomic mass is 16.3. The van der Waals surface area contributed by atoms with Crippen LogP contribution >= 0.6 is 0 Å². The van der Waals surface area contributed by atoms with Gasteiger partial charge in [0.05, 0.1) is 25.3 Å². The molecule has 6 heteroatoms. The summed E-state index contributed by atoms with van der Waals surface area (Å²) in [5, 5.41) is 23.8. The minimum Gasteiger partial charge on any atom is -0.394 e. The molecule has 0 unspecified atom stereocenters. The van der Waals surface area contributed by atoms with E-state index < -0.39 is 23.9 Å². The average molecular weight is 328 g/mol.